The van der Waals surface area contributed by atoms with Gasteiger partial charge in [-0.3, -0.25) is 9.36 Å². The zero-order valence-electron chi connectivity index (χ0n) is 24.0. The molecule has 11 nitrogen and oxygen atoms in total. The van der Waals surface area contributed by atoms with E-state index in [0.717, 1.165) is 16.7 Å². The highest BCUT2D eigenvalue weighted by Gasteiger charge is 2.33. The van der Waals surface area contributed by atoms with E-state index in [1.165, 1.54) is 9.47 Å². The normalized spacial score (nSPS) is 18.7. The van der Waals surface area contributed by atoms with E-state index in [1.807, 2.05) is 36.4 Å². The van der Waals surface area contributed by atoms with Crippen LogP contribution in [0.5, 0.6) is 0 Å². The van der Waals surface area contributed by atoms with Crippen molar-refractivity contribution in [1.29, 1.82) is 5.26 Å². The summed E-state index contributed by atoms with van der Waals surface area (Å²) in [4.78, 5) is 39.2. The molecule has 0 spiro atoms. The van der Waals surface area contributed by atoms with Crippen LogP contribution in [0.25, 0.3) is 22.2 Å². The minimum absolute atomic E-state index is 0.0277. The molecule has 2 amide bonds. The predicted octanol–water partition coefficient (Wildman–Crippen LogP) is 3.39. The quantitative estimate of drug-likeness (QED) is 0.481. The number of aryl methyl sites for hydroxylation is 1. The second-order valence-corrected chi connectivity index (χ2v) is 11.1. The summed E-state index contributed by atoms with van der Waals surface area (Å²) >= 11 is 0. The fourth-order valence-electron chi connectivity index (χ4n) is 4.60. The molecule has 2 aromatic carbocycles. The largest absolute Gasteiger partial charge is 0.444 e. The lowest BCUT2D eigenvalue weighted by molar-refractivity contribution is -0.137. The number of carbonyl (C=O) groups excluding carboxylic acids is 2. The summed E-state index contributed by atoms with van der Waals surface area (Å²) in [6.45, 7) is 5.82. The Morgan fingerprint density at radius 1 is 1.15 bits per heavy atom. The van der Waals surface area contributed by atoms with Crippen molar-refractivity contribution in [2.24, 2.45) is 7.05 Å². The zero-order chi connectivity index (χ0) is 29.7. The SMILES string of the molecule is CO[C@@H]1CCO[C@H](C(=O)N[C@H](C#N)Cc2ccc(-c3ccc4oc(=O)n(C)c4c3)cc2)CN(C(=O)OC(C)(C)C)C1. The fraction of sp³-hybridized carbons (Fsp3) is 0.467. The van der Waals surface area contributed by atoms with Crippen molar-refractivity contribution in [1.82, 2.24) is 14.8 Å². The van der Waals surface area contributed by atoms with Crippen molar-refractivity contribution in [3.05, 3.63) is 58.6 Å². The highest BCUT2D eigenvalue weighted by atomic mass is 16.6. The van der Waals surface area contributed by atoms with Crippen LogP contribution in [0.15, 0.2) is 51.7 Å². The fourth-order valence-corrected chi connectivity index (χ4v) is 4.60. The number of amides is 2. The third-order valence-electron chi connectivity index (χ3n) is 6.84. The van der Waals surface area contributed by atoms with Gasteiger partial charge in [0.1, 0.15) is 11.6 Å². The first-order valence-electron chi connectivity index (χ1n) is 13.5. The van der Waals surface area contributed by atoms with E-state index in [2.05, 4.69) is 11.4 Å². The highest BCUT2D eigenvalue weighted by molar-refractivity contribution is 5.83. The number of fused-ring (bicyclic) bond motifs is 1. The molecule has 11 heteroatoms. The number of hydrogen-bond donors (Lipinski definition) is 1. The molecule has 0 saturated carbocycles. The average Bonchev–Trinajstić information content (AvgIpc) is 3.20. The number of hydrogen-bond acceptors (Lipinski definition) is 8. The molecule has 0 radical (unpaired) electrons. The van der Waals surface area contributed by atoms with Crippen LogP contribution in [0, 0.1) is 11.3 Å². The van der Waals surface area contributed by atoms with E-state index >= 15 is 0 Å². The predicted molar refractivity (Wildman–Crippen MR) is 151 cm³/mol. The molecule has 1 N–H and O–H groups in total. The van der Waals surface area contributed by atoms with Gasteiger partial charge in [-0.05, 0) is 56.0 Å². The summed E-state index contributed by atoms with van der Waals surface area (Å²) in [5.41, 5.74) is 3.22. The summed E-state index contributed by atoms with van der Waals surface area (Å²) in [6.07, 6.45) is -1.00. The van der Waals surface area contributed by atoms with Crippen molar-refractivity contribution < 1.29 is 28.2 Å². The summed E-state index contributed by atoms with van der Waals surface area (Å²) in [7, 11) is 3.22. The Labute approximate surface area is 238 Å². The van der Waals surface area contributed by atoms with Gasteiger partial charge in [-0.1, -0.05) is 30.3 Å². The number of methoxy groups -OCH3 is 1. The molecule has 1 aliphatic rings. The first-order valence-corrected chi connectivity index (χ1v) is 13.5. The molecule has 1 aliphatic heterocycles. The first kappa shape index (κ1) is 29.8. The average molecular weight is 565 g/mol. The lowest BCUT2D eigenvalue weighted by Gasteiger charge is -2.34. The highest BCUT2D eigenvalue weighted by Crippen LogP contribution is 2.24. The molecule has 2 heterocycles. The van der Waals surface area contributed by atoms with Crippen LogP contribution >= 0.6 is 0 Å². The number of nitrogens with one attached hydrogen (secondary N) is 1. The molecule has 0 unspecified atom stereocenters. The van der Waals surface area contributed by atoms with Crippen LogP contribution in [0.1, 0.15) is 32.8 Å². The first-order chi connectivity index (χ1) is 19.5. The molecular weight excluding hydrogens is 528 g/mol. The molecule has 3 atom stereocenters. The molecule has 1 fully saturated rings. The smallest absolute Gasteiger partial charge is 0.419 e. The third-order valence-corrected chi connectivity index (χ3v) is 6.84. The molecule has 218 valence electrons. The minimum Gasteiger partial charge on any atom is -0.444 e. The Kier molecular flexibility index (Phi) is 9.15. The number of oxazole rings is 1. The summed E-state index contributed by atoms with van der Waals surface area (Å²) in [5.74, 6) is -0.893. The number of carbonyl (C=O) groups is 2. The maximum absolute atomic E-state index is 13.2. The number of aromatic nitrogens is 1. The maximum atomic E-state index is 13.2. The molecule has 1 aromatic heterocycles. The number of benzene rings is 2. The van der Waals surface area contributed by atoms with E-state index in [-0.39, 0.29) is 32.2 Å². The van der Waals surface area contributed by atoms with Crippen LogP contribution in [0.3, 0.4) is 0 Å². The molecule has 0 bridgehead atoms. The van der Waals surface area contributed by atoms with Gasteiger partial charge in [0.25, 0.3) is 5.91 Å². The van der Waals surface area contributed by atoms with Crippen LogP contribution < -0.4 is 11.1 Å². The molecular formula is C30H36N4O7. The maximum Gasteiger partial charge on any atom is 0.419 e. The van der Waals surface area contributed by atoms with E-state index in [1.54, 1.807) is 41.0 Å². The van der Waals surface area contributed by atoms with Gasteiger partial charge in [-0.25, -0.2) is 9.59 Å². The standard InChI is InChI=1S/C30H36N4O7/c1-30(2,3)41-29(37)34-17-23(38-5)12-13-39-26(18-34)27(35)32-22(16-31)14-19-6-8-20(9-7-19)21-10-11-25-24(15-21)33(4)28(36)40-25/h6-11,15,22-23,26H,12-14,17-18H2,1-5H3,(H,32,35)/t22-,23+,26-/m0/s1. The summed E-state index contributed by atoms with van der Waals surface area (Å²) < 4.78 is 23.4. The minimum atomic E-state index is -0.965. The summed E-state index contributed by atoms with van der Waals surface area (Å²) in [6, 6.07) is 14.5. The Morgan fingerprint density at radius 2 is 1.85 bits per heavy atom. The Hall–Kier alpha value is -4.14. The Balaban J connectivity index is 1.41. The van der Waals surface area contributed by atoms with Gasteiger partial charge in [0, 0.05) is 20.6 Å². The van der Waals surface area contributed by atoms with E-state index in [9.17, 15) is 19.6 Å². The van der Waals surface area contributed by atoms with Crippen LogP contribution in [-0.4, -0.2) is 72.1 Å². The molecule has 41 heavy (non-hydrogen) atoms. The Morgan fingerprint density at radius 3 is 2.51 bits per heavy atom. The van der Waals surface area contributed by atoms with Gasteiger partial charge in [-0.15, -0.1) is 0 Å². The summed E-state index contributed by atoms with van der Waals surface area (Å²) in [5, 5.41) is 12.6. The van der Waals surface area contributed by atoms with Gasteiger partial charge in [-0.2, -0.15) is 5.26 Å². The van der Waals surface area contributed by atoms with Crippen LogP contribution in [0.4, 0.5) is 4.79 Å². The zero-order valence-corrected chi connectivity index (χ0v) is 24.0. The number of nitriles is 1. The van der Waals surface area contributed by atoms with Crippen LogP contribution in [0.2, 0.25) is 0 Å². The molecule has 0 aliphatic carbocycles. The third kappa shape index (κ3) is 7.54. The van der Waals surface area contributed by atoms with Gasteiger partial charge in [0.15, 0.2) is 11.7 Å². The topological polar surface area (TPSA) is 136 Å². The van der Waals surface area contributed by atoms with Gasteiger partial charge < -0.3 is 28.8 Å². The second-order valence-electron chi connectivity index (χ2n) is 11.1. The second kappa shape index (κ2) is 12.6. The van der Waals surface area contributed by atoms with Crippen molar-refractivity contribution in [2.45, 2.75) is 57.5 Å². The molecule has 4 rings (SSSR count). The lowest BCUT2D eigenvalue weighted by Crippen LogP contribution is -2.53. The van der Waals surface area contributed by atoms with E-state index < -0.39 is 35.5 Å². The van der Waals surface area contributed by atoms with Gasteiger partial charge in [0.2, 0.25) is 0 Å². The monoisotopic (exact) mass is 564 g/mol. The van der Waals surface area contributed by atoms with Crippen molar-refractivity contribution >= 4 is 23.1 Å². The van der Waals surface area contributed by atoms with Crippen molar-refractivity contribution in [3.63, 3.8) is 0 Å². The molecule has 1 saturated heterocycles. The van der Waals surface area contributed by atoms with Gasteiger partial charge in [0.05, 0.1) is 37.4 Å². The van der Waals surface area contributed by atoms with Crippen molar-refractivity contribution in [2.75, 3.05) is 26.8 Å². The van der Waals surface area contributed by atoms with Crippen molar-refractivity contribution in [3.8, 4) is 17.2 Å². The number of ether oxygens (including phenoxy) is 3. The van der Waals surface area contributed by atoms with Gasteiger partial charge >= 0.3 is 11.8 Å². The van der Waals surface area contributed by atoms with E-state index in [0.29, 0.717) is 17.5 Å². The molecule has 3 aromatic rings. The van der Waals surface area contributed by atoms with Crippen LogP contribution in [-0.2, 0) is 32.5 Å². The lowest BCUT2D eigenvalue weighted by atomic mass is 10.0. The Bertz CT molecular complexity index is 1480. The number of rotatable bonds is 6. The number of nitrogens with zero attached hydrogens (tertiary/aromatic N) is 3. The van der Waals surface area contributed by atoms with E-state index in [4.69, 9.17) is 18.6 Å².